The van der Waals surface area contributed by atoms with Crippen LogP contribution in [-0.2, 0) is 12.8 Å². The van der Waals surface area contributed by atoms with Gasteiger partial charge in [0.15, 0.2) is 0 Å². The van der Waals surface area contributed by atoms with E-state index in [-0.39, 0.29) is 0 Å². The Morgan fingerprint density at radius 3 is 2.93 bits per heavy atom. The van der Waals surface area contributed by atoms with Gasteiger partial charge in [0.05, 0.1) is 0 Å². The summed E-state index contributed by atoms with van der Waals surface area (Å²) in [6.45, 7) is 0. The van der Waals surface area contributed by atoms with Gasteiger partial charge in [-0.25, -0.2) is 5.10 Å². The smallest absolute Gasteiger partial charge is 0.284 e. The summed E-state index contributed by atoms with van der Waals surface area (Å²) in [6.07, 6.45) is 1.64. The second-order valence-electron chi connectivity index (χ2n) is 3.14. The van der Waals surface area contributed by atoms with E-state index in [1.54, 1.807) is 0 Å². The summed E-state index contributed by atoms with van der Waals surface area (Å²) in [5, 5.41) is 6.55. The third-order valence-electron chi connectivity index (χ3n) is 2.00. The normalized spacial score (nSPS) is 10.5. The summed E-state index contributed by atoms with van der Waals surface area (Å²) in [7, 11) is 0. The van der Waals surface area contributed by atoms with E-state index in [2.05, 4.69) is 38.3 Å². The first-order chi connectivity index (χ1) is 7.24. The molecule has 0 fully saturated rings. The van der Waals surface area contributed by atoms with E-state index in [9.17, 15) is 0 Å². The van der Waals surface area contributed by atoms with Crippen molar-refractivity contribution >= 4 is 28.1 Å². The van der Waals surface area contributed by atoms with Crippen molar-refractivity contribution in [2.45, 2.75) is 12.8 Å². The molecular formula is C10H9BrN2OS. The van der Waals surface area contributed by atoms with Gasteiger partial charge in [0, 0.05) is 10.9 Å². The standard InChI is InChI=1S/C10H9BrN2OS/c11-8-3-1-2-7(6-8)4-5-9-12-13-10(15)14-9/h1-3,6H,4-5H2,(H,13,15). The summed E-state index contributed by atoms with van der Waals surface area (Å²) in [5.74, 6) is 0.653. The molecule has 78 valence electrons. The topological polar surface area (TPSA) is 41.8 Å². The number of aryl methyl sites for hydroxylation is 2. The Morgan fingerprint density at radius 1 is 1.40 bits per heavy atom. The molecule has 5 heteroatoms. The van der Waals surface area contributed by atoms with Crippen molar-refractivity contribution < 1.29 is 4.42 Å². The predicted octanol–water partition coefficient (Wildman–Crippen LogP) is 3.28. The average molecular weight is 285 g/mol. The quantitative estimate of drug-likeness (QED) is 0.880. The van der Waals surface area contributed by atoms with Crippen LogP contribution in [0.5, 0.6) is 0 Å². The molecule has 2 aromatic rings. The maximum atomic E-state index is 5.17. The van der Waals surface area contributed by atoms with Gasteiger partial charge in [0.25, 0.3) is 4.84 Å². The van der Waals surface area contributed by atoms with Gasteiger partial charge >= 0.3 is 0 Å². The molecule has 2 rings (SSSR count). The number of rotatable bonds is 3. The molecule has 0 saturated carbocycles. The van der Waals surface area contributed by atoms with Crippen molar-refractivity contribution in [2.24, 2.45) is 0 Å². The molecule has 0 saturated heterocycles. The maximum Gasteiger partial charge on any atom is 0.284 e. The first-order valence-corrected chi connectivity index (χ1v) is 5.73. The minimum absolute atomic E-state index is 0.333. The Kier molecular flexibility index (Phi) is 3.33. The van der Waals surface area contributed by atoms with E-state index in [1.165, 1.54) is 5.56 Å². The minimum Gasteiger partial charge on any atom is -0.414 e. The molecule has 0 aliphatic carbocycles. The van der Waals surface area contributed by atoms with Crippen LogP contribution in [0, 0.1) is 4.84 Å². The highest BCUT2D eigenvalue weighted by atomic mass is 79.9. The number of halogens is 1. The molecule has 0 unspecified atom stereocenters. The van der Waals surface area contributed by atoms with Crippen molar-refractivity contribution in [3.05, 3.63) is 45.0 Å². The van der Waals surface area contributed by atoms with Crippen LogP contribution in [0.3, 0.4) is 0 Å². The van der Waals surface area contributed by atoms with Gasteiger partial charge < -0.3 is 4.42 Å². The minimum atomic E-state index is 0.333. The molecule has 1 heterocycles. The summed E-state index contributed by atoms with van der Waals surface area (Å²) in [5.41, 5.74) is 1.24. The zero-order valence-electron chi connectivity index (χ0n) is 7.87. The van der Waals surface area contributed by atoms with Crippen molar-refractivity contribution in [2.75, 3.05) is 0 Å². The van der Waals surface area contributed by atoms with Gasteiger partial charge in [-0.3, -0.25) is 0 Å². The number of H-pyrrole nitrogens is 1. The first kappa shape index (κ1) is 10.6. The summed E-state index contributed by atoms with van der Waals surface area (Å²) in [6, 6.07) is 8.18. The zero-order chi connectivity index (χ0) is 10.7. The SMILES string of the molecule is S=c1[nH]nc(CCc2cccc(Br)c2)o1. The Bertz CT molecular complexity index is 506. The second kappa shape index (κ2) is 4.72. The fraction of sp³-hybridized carbons (Fsp3) is 0.200. The average Bonchev–Trinajstić information content (AvgIpc) is 2.62. The zero-order valence-corrected chi connectivity index (χ0v) is 10.3. The van der Waals surface area contributed by atoms with Crippen molar-refractivity contribution in [3.63, 3.8) is 0 Å². The fourth-order valence-electron chi connectivity index (χ4n) is 1.31. The van der Waals surface area contributed by atoms with Crippen LogP contribution < -0.4 is 0 Å². The summed E-state index contributed by atoms with van der Waals surface area (Å²) < 4.78 is 6.26. The number of hydrogen-bond acceptors (Lipinski definition) is 3. The largest absolute Gasteiger partial charge is 0.414 e. The van der Waals surface area contributed by atoms with Crippen LogP contribution in [0.15, 0.2) is 33.2 Å². The lowest BCUT2D eigenvalue weighted by Gasteiger charge is -1.98. The van der Waals surface area contributed by atoms with E-state index < -0.39 is 0 Å². The number of aromatic nitrogens is 2. The van der Waals surface area contributed by atoms with Crippen molar-refractivity contribution in [1.29, 1.82) is 0 Å². The van der Waals surface area contributed by atoms with E-state index in [0.29, 0.717) is 10.7 Å². The molecule has 15 heavy (non-hydrogen) atoms. The van der Waals surface area contributed by atoms with Crippen molar-refractivity contribution in [3.8, 4) is 0 Å². The number of nitrogens with one attached hydrogen (secondary N) is 1. The Hall–Kier alpha value is -0.940. The van der Waals surface area contributed by atoms with Crippen LogP contribution in [0.2, 0.25) is 0 Å². The third-order valence-corrected chi connectivity index (χ3v) is 2.67. The number of nitrogens with zero attached hydrogens (tertiary/aromatic N) is 1. The lowest BCUT2D eigenvalue weighted by molar-refractivity contribution is 0.480. The molecular weight excluding hydrogens is 276 g/mol. The molecule has 0 radical (unpaired) electrons. The highest BCUT2D eigenvalue weighted by Crippen LogP contribution is 2.13. The molecule has 1 aromatic carbocycles. The monoisotopic (exact) mass is 284 g/mol. The molecule has 0 atom stereocenters. The van der Waals surface area contributed by atoms with Gasteiger partial charge in [-0.1, -0.05) is 28.1 Å². The molecule has 1 N–H and O–H groups in total. The molecule has 0 bridgehead atoms. The van der Waals surface area contributed by atoms with Gasteiger partial charge in [-0.15, -0.1) is 5.10 Å². The van der Waals surface area contributed by atoms with Gasteiger partial charge in [-0.05, 0) is 36.3 Å². The van der Waals surface area contributed by atoms with E-state index in [0.717, 1.165) is 17.3 Å². The molecule has 0 amide bonds. The number of aromatic amines is 1. The van der Waals surface area contributed by atoms with E-state index in [4.69, 9.17) is 16.6 Å². The predicted molar refractivity (Wildman–Crippen MR) is 63.2 cm³/mol. The summed E-state index contributed by atoms with van der Waals surface area (Å²) in [4.78, 5) is 0.333. The Labute approximate surface area is 101 Å². The summed E-state index contributed by atoms with van der Waals surface area (Å²) >= 11 is 8.22. The molecule has 0 spiro atoms. The van der Waals surface area contributed by atoms with Gasteiger partial charge in [0.2, 0.25) is 5.89 Å². The Balaban J connectivity index is 2.02. The first-order valence-electron chi connectivity index (χ1n) is 4.53. The van der Waals surface area contributed by atoms with Crippen molar-refractivity contribution in [1.82, 2.24) is 10.2 Å². The lowest BCUT2D eigenvalue weighted by atomic mass is 10.1. The van der Waals surface area contributed by atoms with Gasteiger partial charge in [0.1, 0.15) is 0 Å². The van der Waals surface area contributed by atoms with Gasteiger partial charge in [-0.2, -0.15) is 0 Å². The highest BCUT2D eigenvalue weighted by molar-refractivity contribution is 9.10. The number of benzene rings is 1. The molecule has 3 nitrogen and oxygen atoms in total. The highest BCUT2D eigenvalue weighted by Gasteiger charge is 2.00. The van der Waals surface area contributed by atoms with Crippen LogP contribution in [0.25, 0.3) is 0 Å². The van der Waals surface area contributed by atoms with Crippen LogP contribution in [0.4, 0.5) is 0 Å². The maximum absolute atomic E-state index is 5.17. The third kappa shape index (κ3) is 3.00. The van der Waals surface area contributed by atoms with E-state index >= 15 is 0 Å². The molecule has 0 aliphatic heterocycles. The molecule has 1 aromatic heterocycles. The fourth-order valence-corrected chi connectivity index (χ4v) is 1.90. The van der Waals surface area contributed by atoms with Crippen LogP contribution in [-0.4, -0.2) is 10.2 Å². The molecule has 0 aliphatic rings. The number of hydrogen-bond donors (Lipinski definition) is 1. The van der Waals surface area contributed by atoms with Crippen LogP contribution >= 0.6 is 28.1 Å². The Morgan fingerprint density at radius 2 is 2.27 bits per heavy atom. The van der Waals surface area contributed by atoms with Crippen LogP contribution in [0.1, 0.15) is 11.5 Å². The second-order valence-corrected chi connectivity index (χ2v) is 4.42. The van der Waals surface area contributed by atoms with E-state index in [1.807, 2.05) is 12.1 Å². The lowest BCUT2D eigenvalue weighted by Crippen LogP contribution is -1.91.